The first kappa shape index (κ1) is 24.3. The fourth-order valence-corrected chi connectivity index (χ4v) is 5.57. The fourth-order valence-electron chi connectivity index (χ4n) is 5.57. The summed E-state index contributed by atoms with van der Waals surface area (Å²) in [7, 11) is 0. The molecule has 178 valence electrons. The summed E-state index contributed by atoms with van der Waals surface area (Å²) in [6.07, 6.45) is 11.7. The Labute approximate surface area is 189 Å². The first-order valence-corrected chi connectivity index (χ1v) is 12.8. The summed E-state index contributed by atoms with van der Waals surface area (Å²) in [6.45, 7) is 9.50. The molecule has 0 radical (unpaired) electrons. The molecule has 7 heteroatoms. The van der Waals surface area contributed by atoms with Crippen molar-refractivity contribution in [3.05, 3.63) is 0 Å². The van der Waals surface area contributed by atoms with Gasteiger partial charge < -0.3 is 20.6 Å². The lowest BCUT2D eigenvalue weighted by atomic mass is 9.72. The van der Waals surface area contributed by atoms with Crippen LogP contribution < -0.4 is 10.6 Å². The lowest BCUT2D eigenvalue weighted by Crippen LogP contribution is -2.52. The second-order valence-corrected chi connectivity index (χ2v) is 9.80. The average Bonchev–Trinajstić information content (AvgIpc) is 3.33. The van der Waals surface area contributed by atoms with Crippen LogP contribution in [0, 0.1) is 11.3 Å². The zero-order valence-electron chi connectivity index (χ0n) is 19.7. The number of carbonyl (C=O) groups is 1. The van der Waals surface area contributed by atoms with Gasteiger partial charge in [-0.25, -0.2) is 0 Å². The number of amides is 1. The first-order valence-electron chi connectivity index (χ1n) is 12.8. The van der Waals surface area contributed by atoms with Gasteiger partial charge in [0.1, 0.15) is 0 Å². The van der Waals surface area contributed by atoms with E-state index in [0.717, 1.165) is 77.6 Å². The number of nitrogens with one attached hydrogen (secondary N) is 2. The summed E-state index contributed by atoms with van der Waals surface area (Å²) in [5, 5.41) is 16.4. The number of piperazine rings is 1. The Morgan fingerprint density at radius 2 is 1.74 bits per heavy atom. The number of rotatable bonds is 9. The molecule has 1 amide bonds. The molecule has 31 heavy (non-hydrogen) atoms. The quantitative estimate of drug-likeness (QED) is 0.382. The van der Waals surface area contributed by atoms with Gasteiger partial charge in [-0.1, -0.05) is 32.1 Å². The van der Waals surface area contributed by atoms with Crippen molar-refractivity contribution in [2.45, 2.75) is 71.1 Å². The highest BCUT2D eigenvalue weighted by atomic mass is 16.3. The number of hydrogen-bond acceptors (Lipinski definition) is 4. The van der Waals surface area contributed by atoms with Crippen LogP contribution in [0.2, 0.25) is 0 Å². The summed E-state index contributed by atoms with van der Waals surface area (Å²) in [5.41, 5.74) is 0.178. The van der Waals surface area contributed by atoms with E-state index >= 15 is 0 Å². The molecule has 7 nitrogen and oxygen atoms in total. The number of guanidine groups is 1. The molecule has 0 atom stereocenters. The van der Waals surface area contributed by atoms with Gasteiger partial charge in [-0.15, -0.1) is 0 Å². The molecule has 1 aliphatic heterocycles. The van der Waals surface area contributed by atoms with Crippen LogP contribution >= 0.6 is 0 Å². The third kappa shape index (κ3) is 7.35. The lowest BCUT2D eigenvalue weighted by Gasteiger charge is -2.36. The fraction of sp³-hybridized carbons (Fsp3) is 0.917. The van der Waals surface area contributed by atoms with E-state index in [1.165, 1.54) is 44.9 Å². The number of aliphatic hydroxyl groups excluding tert-OH is 1. The van der Waals surface area contributed by atoms with Gasteiger partial charge in [0.15, 0.2) is 5.96 Å². The van der Waals surface area contributed by atoms with E-state index in [9.17, 15) is 9.90 Å². The van der Waals surface area contributed by atoms with Gasteiger partial charge in [-0.3, -0.25) is 14.7 Å². The van der Waals surface area contributed by atoms with Gasteiger partial charge in [-0.2, -0.15) is 0 Å². The Kier molecular flexibility index (Phi) is 9.91. The summed E-state index contributed by atoms with van der Waals surface area (Å²) >= 11 is 0. The Bertz CT molecular complexity index is 557. The van der Waals surface area contributed by atoms with Crippen LogP contribution in [0.1, 0.15) is 71.1 Å². The monoisotopic (exact) mass is 435 g/mol. The SMILES string of the molecule is CCNC(=NCC1(CCO)CCCCC1)NCCN1CCN(C(=O)C2CCCC2)CC1. The van der Waals surface area contributed by atoms with Gasteiger partial charge in [0.05, 0.1) is 0 Å². The summed E-state index contributed by atoms with van der Waals surface area (Å²) in [6, 6.07) is 0. The van der Waals surface area contributed by atoms with E-state index in [-0.39, 0.29) is 12.0 Å². The molecular weight excluding hydrogens is 390 g/mol. The number of nitrogens with zero attached hydrogens (tertiary/aromatic N) is 3. The summed E-state index contributed by atoms with van der Waals surface area (Å²) in [5.74, 6) is 1.59. The number of aliphatic imine (C=N–C) groups is 1. The van der Waals surface area contributed by atoms with Crippen molar-refractivity contribution in [2.24, 2.45) is 16.3 Å². The van der Waals surface area contributed by atoms with Crippen molar-refractivity contribution >= 4 is 11.9 Å². The van der Waals surface area contributed by atoms with Crippen molar-refractivity contribution in [1.82, 2.24) is 20.4 Å². The molecule has 0 spiro atoms. The normalized spacial score (nSPS) is 23.2. The van der Waals surface area contributed by atoms with Crippen LogP contribution in [0.5, 0.6) is 0 Å². The highest BCUT2D eigenvalue weighted by Gasteiger charge is 2.31. The van der Waals surface area contributed by atoms with E-state index in [2.05, 4.69) is 27.4 Å². The minimum absolute atomic E-state index is 0.178. The molecule has 3 aliphatic rings. The van der Waals surface area contributed by atoms with Crippen molar-refractivity contribution in [3.8, 4) is 0 Å². The molecule has 1 heterocycles. The van der Waals surface area contributed by atoms with Crippen molar-refractivity contribution in [1.29, 1.82) is 0 Å². The van der Waals surface area contributed by atoms with Gasteiger partial charge in [0.25, 0.3) is 0 Å². The summed E-state index contributed by atoms with van der Waals surface area (Å²) < 4.78 is 0. The van der Waals surface area contributed by atoms with Crippen LogP contribution in [0.25, 0.3) is 0 Å². The zero-order valence-corrected chi connectivity index (χ0v) is 19.7. The molecule has 0 aromatic carbocycles. The second kappa shape index (κ2) is 12.6. The minimum atomic E-state index is 0.178. The Morgan fingerprint density at radius 3 is 2.39 bits per heavy atom. The van der Waals surface area contributed by atoms with Gasteiger partial charge in [0, 0.05) is 64.9 Å². The third-order valence-corrected chi connectivity index (χ3v) is 7.58. The smallest absolute Gasteiger partial charge is 0.225 e. The standard InChI is InChI=1S/C24H45N5O2/c1-2-25-23(27-20-24(12-19-30)10-6-3-7-11-24)26-13-14-28-15-17-29(18-16-28)22(31)21-8-4-5-9-21/h21,30H,2-20H2,1H3,(H2,25,26,27). The molecule has 1 saturated heterocycles. The molecule has 3 N–H and O–H groups in total. The molecule has 3 fully saturated rings. The van der Waals surface area contributed by atoms with Crippen molar-refractivity contribution in [2.75, 3.05) is 59.0 Å². The Hall–Kier alpha value is -1.34. The lowest BCUT2D eigenvalue weighted by molar-refractivity contribution is -0.137. The molecule has 0 unspecified atom stereocenters. The van der Waals surface area contributed by atoms with Crippen LogP contribution in [-0.4, -0.2) is 85.7 Å². The third-order valence-electron chi connectivity index (χ3n) is 7.58. The predicted octanol–water partition coefficient (Wildman–Crippen LogP) is 2.21. The highest BCUT2D eigenvalue weighted by molar-refractivity contribution is 5.80. The molecule has 2 aliphatic carbocycles. The highest BCUT2D eigenvalue weighted by Crippen LogP contribution is 2.39. The molecule has 0 aromatic rings. The van der Waals surface area contributed by atoms with E-state index < -0.39 is 0 Å². The molecule has 0 bridgehead atoms. The van der Waals surface area contributed by atoms with Crippen LogP contribution in [0.3, 0.4) is 0 Å². The molecule has 2 saturated carbocycles. The van der Waals surface area contributed by atoms with Crippen molar-refractivity contribution in [3.63, 3.8) is 0 Å². The van der Waals surface area contributed by atoms with Gasteiger partial charge >= 0.3 is 0 Å². The topological polar surface area (TPSA) is 80.2 Å². The number of hydrogen-bond donors (Lipinski definition) is 3. The minimum Gasteiger partial charge on any atom is -0.396 e. The van der Waals surface area contributed by atoms with Crippen LogP contribution in [0.15, 0.2) is 4.99 Å². The molecular formula is C24H45N5O2. The van der Waals surface area contributed by atoms with Crippen LogP contribution in [0.4, 0.5) is 0 Å². The van der Waals surface area contributed by atoms with E-state index in [0.29, 0.717) is 11.8 Å². The number of carbonyl (C=O) groups excluding carboxylic acids is 1. The van der Waals surface area contributed by atoms with E-state index in [1.54, 1.807) is 0 Å². The van der Waals surface area contributed by atoms with Gasteiger partial charge in [-0.05, 0) is 44.4 Å². The Balaban J connectivity index is 1.40. The largest absolute Gasteiger partial charge is 0.396 e. The maximum atomic E-state index is 12.6. The van der Waals surface area contributed by atoms with Crippen molar-refractivity contribution < 1.29 is 9.90 Å². The van der Waals surface area contributed by atoms with E-state index in [4.69, 9.17) is 4.99 Å². The maximum absolute atomic E-state index is 12.6. The van der Waals surface area contributed by atoms with E-state index in [1.807, 2.05) is 0 Å². The molecule has 3 rings (SSSR count). The zero-order chi connectivity index (χ0) is 21.9. The summed E-state index contributed by atoms with van der Waals surface area (Å²) in [4.78, 5) is 22.1. The van der Waals surface area contributed by atoms with Gasteiger partial charge in [0.2, 0.25) is 5.91 Å². The molecule has 0 aromatic heterocycles. The number of aliphatic hydroxyl groups is 1. The Morgan fingerprint density at radius 1 is 1.03 bits per heavy atom. The first-order chi connectivity index (χ1) is 15.2. The second-order valence-electron chi connectivity index (χ2n) is 9.80. The predicted molar refractivity (Wildman–Crippen MR) is 126 cm³/mol. The average molecular weight is 436 g/mol. The van der Waals surface area contributed by atoms with Crippen LogP contribution in [-0.2, 0) is 4.79 Å². The maximum Gasteiger partial charge on any atom is 0.225 e.